The molecular formula is C18H26N2OS. The monoisotopic (exact) mass is 318 g/mol. The third kappa shape index (κ3) is 3.35. The molecule has 2 rings (SSSR count). The van der Waals surface area contributed by atoms with Crippen molar-refractivity contribution in [1.29, 1.82) is 5.26 Å². The summed E-state index contributed by atoms with van der Waals surface area (Å²) < 4.78 is 0. The van der Waals surface area contributed by atoms with Gasteiger partial charge < -0.3 is 5.32 Å². The van der Waals surface area contributed by atoms with Crippen LogP contribution in [0.2, 0.25) is 0 Å². The number of nitriles is 1. The summed E-state index contributed by atoms with van der Waals surface area (Å²) in [5.41, 5.74) is 1.68. The first-order chi connectivity index (χ1) is 10.0. The van der Waals surface area contributed by atoms with Crippen LogP contribution >= 0.6 is 11.3 Å². The van der Waals surface area contributed by atoms with E-state index >= 15 is 0 Å². The molecular weight excluding hydrogens is 292 g/mol. The van der Waals surface area contributed by atoms with Crippen LogP contribution < -0.4 is 5.32 Å². The summed E-state index contributed by atoms with van der Waals surface area (Å²) in [5.74, 6) is 0.603. The predicted molar refractivity (Wildman–Crippen MR) is 92.1 cm³/mol. The van der Waals surface area contributed by atoms with Crippen molar-refractivity contribution in [1.82, 2.24) is 0 Å². The van der Waals surface area contributed by atoms with Crippen LogP contribution in [-0.4, -0.2) is 5.91 Å². The fourth-order valence-corrected chi connectivity index (χ4v) is 4.09. The minimum absolute atomic E-state index is 0.0324. The highest BCUT2D eigenvalue weighted by molar-refractivity contribution is 7.16. The van der Waals surface area contributed by atoms with E-state index in [2.05, 4.69) is 32.2 Å². The fraction of sp³-hybridized carbons (Fsp3) is 0.667. The molecule has 0 fully saturated rings. The van der Waals surface area contributed by atoms with Crippen LogP contribution in [0.1, 0.15) is 64.0 Å². The molecule has 0 aromatic carbocycles. The van der Waals surface area contributed by atoms with Gasteiger partial charge in [-0.25, -0.2) is 0 Å². The van der Waals surface area contributed by atoms with Gasteiger partial charge in [-0.1, -0.05) is 41.5 Å². The van der Waals surface area contributed by atoms with E-state index in [1.54, 1.807) is 11.3 Å². The fourth-order valence-electron chi connectivity index (χ4n) is 2.82. The summed E-state index contributed by atoms with van der Waals surface area (Å²) in [6.07, 6.45) is 3.08. The van der Waals surface area contributed by atoms with Gasteiger partial charge in [0.2, 0.25) is 5.91 Å². The number of hydrogen-bond acceptors (Lipinski definition) is 3. The number of amides is 1. The Morgan fingerprint density at radius 3 is 2.41 bits per heavy atom. The van der Waals surface area contributed by atoms with Gasteiger partial charge in [-0.05, 0) is 36.2 Å². The van der Waals surface area contributed by atoms with E-state index in [-0.39, 0.29) is 11.3 Å². The van der Waals surface area contributed by atoms with Gasteiger partial charge in [0, 0.05) is 10.3 Å². The number of carbonyl (C=O) groups is 1. The Kier molecular flexibility index (Phi) is 4.41. The first kappa shape index (κ1) is 17.0. The number of carbonyl (C=O) groups excluding carboxylic acids is 1. The third-order valence-electron chi connectivity index (χ3n) is 4.51. The van der Waals surface area contributed by atoms with E-state index < -0.39 is 5.41 Å². The molecule has 0 saturated carbocycles. The maximum atomic E-state index is 12.2. The lowest BCUT2D eigenvalue weighted by Gasteiger charge is -2.33. The molecule has 4 heteroatoms. The topological polar surface area (TPSA) is 52.9 Å². The van der Waals surface area contributed by atoms with Crippen LogP contribution in [0.25, 0.3) is 0 Å². The highest BCUT2D eigenvalue weighted by Gasteiger charge is 2.33. The van der Waals surface area contributed by atoms with Crippen molar-refractivity contribution in [2.45, 2.75) is 60.8 Å². The molecule has 1 aliphatic rings. The van der Waals surface area contributed by atoms with Gasteiger partial charge in [0.15, 0.2) is 0 Å². The Labute approximate surface area is 137 Å². The second-order valence-corrected chi connectivity index (χ2v) is 9.43. The lowest BCUT2D eigenvalue weighted by Crippen LogP contribution is -2.27. The molecule has 1 aromatic rings. The Morgan fingerprint density at radius 2 is 1.91 bits per heavy atom. The third-order valence-corrected chi connectivity index (χ3v) is 5.68. The maximum Gasteiger partial charge on any atom is 0.230 e. The number of rotatable bonds is 1. The Hall–Kier alpha value is -1.34. The largest absolute Gasteiger partial charge is 0.316 e. The van der Waals surface area contributed by atoms with Gasteiger partial charge in [0.25, 0.3) is 0 Å². The Balaban J connectivity index is 2.31. The van der Waals surface area contributed by atoms with Crippen LogP contribution in [0.5, 0.6) is 0 Å². The number of nitrogens with one attached hydrogen (secondary N) is 1. The molecule has 1 aliphatic carbocycles. The zero-order valence-electron chi connectivity index (χ0n) is 14.5. The quantitative estimate of drug-likeness (QED) is 0.812. The van der Waals surface area contributed by atoms with Gasteiger partial charge in [0.05, 0.1) is 5.56 Å². The molecule has 0 spiro atoms. The summed E-state index contributed by atoms with van der Waals surface area (Å²) >= 11 is 1.60. The van der Waals surface area contributed by atoms with Gasteiger partial charge in [-0.3, -0.25) is 4.79 Å². The van der Waals surface area contributed by atoms with Crippen LogP contribution in [0.4, 0.5) is 5.00 Å². The number of hydrogen-bond donors (Lipinski definition) is 1. The first-order valence-corrected chi connectivity index (χ1v) is 8.71. The molecule has 3 nitrogen and oxygen atoms in total. The zero-order chi connectivity index (χ0) is 16.7. The number of anilines is 1. The van der Waals surface area contributed by atoms with Crippen LogP contribution in [0.15, 0.2) is 0 Å². The average molecular weight is 318 g/mol. The van der Waals surface area contributed by atoms with Crippen molar-refractivity contribution in [3.05, 3.63) is 16.0 Å². The highest BCUT2D eigenvalue weighted by atomic mass is 32.1. The first-order valence-electron chi connectivity index (χ1n) is 7.90. The zero-order valence-corrected chi connectivity index (χ0v) is 15.3. The number of nitrogens with zero attached hydrogens (tertiary/aromatic N) is 1. The summed E-state index contributed by atoms with van der Waals surface area (Å²) in [6, 6.07) is 2.31. The van der Waals surface area contributed by atoms with E-state index in [1.807, 2.05) is 20.8 Å². The normalized spacial score (nSPS) is 18.5. The van der Waals surface area contributed by atoms with Gasteiger partial charge >= 0.3 is 0 Å². The van der Waals surface area contributed by atoms with Crippen molar-refractivity contribution in [2.75, 3.05) is 5.32 Å². The predicted octanol–water partition coefficient (Wildman–Crippen LogP) is 4.76. The summed E-state index contributed by atoms with van der Waals surface area (Å²) in [5, 5.41) is 13.2. The van der Waals surface area contributed by atoms with E-state index in [4.69, 9.17) is 0 Å². The summed E-state index contributed by atoms with van der Waals surface area (Å²) in [4.78, 5) is 13.5. The number of thiophene rings is 1. The van der Waals surface area contributed by atoms with Gasteiger partial charge in [0.1, 0.15) is 11.1 Å². The van der Waals surface area contributed by atoms with E-state index in [9.17, 15) is 10.1 Å². The summed E-state index contributed by atoms with van der Waals surface area (Å²) in [6.45, 7) is 12.5. The smallest absolute Gasteiger partial charge is 0.230 e. The lowest BCUT2D eigenvalue weighted by molar-refractivity contribution is -0.123. The molecule has 1 heterocycles. The van der Waals surface area contributed by atoms with Crippen molar-refractivity contribution >= 4 is 22.2 Å². The lowest BCUT2D eigenvalue weighted by atomic mass is 9.72. The summed E-state index contributed by atoms with van der Waals surface area (Å²) in [7, 11) is 0. The van der Waals surface area contributed by atoms with Crippen LogP contribution in [-0.2, 0) is 17.6 Å². The molecule has 0 bridgehead atoms. The molecule has 0 aliphatic heterocycles. The van der Waals surface area contributed by atoms with Gasteiger partial charge in [-0.15, -0.1) is 11.3 Å². The van der Waals surface area contributed by atoms with Crippen LogP contribution in [0, 0.1) is 28.1 Å². The Morgan fingerprint density at radius 1 is 1.27 bits per heavy atom. The second-order valence-electron chi connectivity index (χ2n) is 8.33. The molecule has 22 heavy (non-hydrogen) atoms. The average Bonchev–Trinajstić information content (AvgIpc) is 2.72. The Bertz CT molecular complexity index is 623. The SMILES string of the molecule is CC(C)(C)C(=O)Nc1sc2c(c1C#N)CCC(C(C)(C)C)C2. The van der Waals surface area contributed by atoms with Crippen molar-refractivity contribution in [2.24, 2.45) is 16.7 Å². The van der Waals surface area contributed by atoms with E-state index in [1.165, 1.54) is 4.88 Å². The molecule has 1 aromatic heterocycles. The van der Waals surface area contributed by atoms with Crippen LogP contribution in [0.3, 0.4) is 0 Å². The van der Waals surface area contributed by atoms with Gasteiger partial charge in [-0.2, -0.15) is 5.26 Å². The maximum absolute atomic E-state index is 12.2. The molecule has 0 radical (unpaired) electrons. The van der Waals surface area contributed by atoms with E-state index in [0.717, 1.165) is 29.8 Å². The molecule has 1 N–H and O–H groups in total. The second kappa shape index (κ2) is 5.70. The molecule has 1 atom stereocenters. The number of fused-ring (bicyclic) bond motifs is 1. The molecule has 1 amide bonds. The minimum atomic E-state index is -0.453. The molecule has 0 saturated heterocycles. The van der Waals surface area contributed by atoms with Crippen molar-refractivity contribution < 1.29 is 4.79 Å². The molecule has 120 valence electrons. The minimum Gasteiger partial charge on any atom is -0.316 e. The molecule has 1 unspecified atom stereocenters. The van der Waals surface area contributed by atoms with E-state index in [0.29, 0.717) is 11.5 Å². The highest BCUT2D eigenvalue weighted by Crippen LogP contribution is 2.44. The van der Waals surface area contributed by atoms with Crippen molar-refractivity contribution in [3.63, 3.8) is 0 Å². The standard InChI is InChI=1S/C18H26N2OS/c1-17(2,3)11-7-8-12-13(10-19)15(22-14(12)9-11)20-16(21)18(4,5)6/h11H,7-9H2,1-6H3,(H,20,21). The van der Waals surface area contributed by atoms with Crippen molar-refractivity contribution in [3.8, 4) is 6.07 Å².